The fourth-order valence-electron chi connectivity index (χ4n) is 4.16. The van der Waals surface area contributed by atoms with Crippen LogP contribution >= 0.6 is 0 Å². The number of nitrogens with zero attached hydrogens (tertiary/aromatic N) is 1. The Morgan fingerprint density at radius 1 is 0.947 bits per heavy atom. The largest absolute Gasteiger partial charge is 0.313 e. The second-order valence-corrected chi connectivity index (χ2v) is 6.79. The Labute approximate surface area is 120 Å². The van der Waals surface area contributed by atoms with E-state index in [0.717, 1.165) is 24.5 Å². The Kier molecular flexibility index (Phi) is 6.66. The number of rotatable bonds is 6. The average Bonchev–Trinajstić information content (AvgIpc) is 2.80. The molecule has 2 aliphatic carbocycles. The summed E-state index contributed by atoms with van der Waals surface area (Å²) in [5.41, 5.74) is 0. The van der Waals surface area contributed by atoms with Gasteiger partial charge in [0.05, 0.1) is 0 Å². The van der Waals surface area contributed by atoms with Crippen molar-refractivity contribution >= 4 is 0 Å². The van der Waals surface area contributed by atoms with E-state index in [1.54, 1.807) is 0 Å². The summed E-state index contributed by atoms with van der Waals surface area (Å²) in [6.07, 6.45) is 14.5. The summed E-state index contributed by atoms with van der Waals surface area (Å²) >= 11 is 0. The summed E-state index contributed by atoms with van der Waals surface area (Å²) in [5, 5.41) is 3.77. The van der Waals surface area contributed by atoms with Crippen molar-refractivity contribution in [2.75, 3.05) is 20.1 Å². The Morgan fingerprint density at radius 2 is 1.53 bits per heavy atom. The van der Waals surface area contributed by atoms with Gasteiger partial charge in [-0.2, -0.15) is 0 Å². The lowest BCUT2D eigenvalue weighted by Crippen LogP contribution is -2.46. The highest BCUT2D eigenvalue weighted by molar-refractivity contribution is 4.84. The van der Waals surface area contributed by atoms with E-state index in [9.17, 15) is 0 Å². The number of nitrogens with one attached hydrogen (secondary N) is 1. The second-order valence-electron chi connectivity index (χ2n) is 6.79. The second kappa shape index (κ2) is 8.26. The highest BCUT2D eigenvalue weighted by atomic mass is 15.2. The van der Waals surface area contributed by atoms with E-state index in [-0.39, 0.29) is 0 Å². The first kappa shape index (κ1) is 15.3. The van der Waals surface area contributed by atoms with Crippen LogP contribution in [0.4, 0.5) is 0 Å². The van der Waals surface area contributed by atoms with Gasteiger partial charge in [0.2, 0.25) is 0 Å². The molecular formula is C17H34N2. The van der Waals surface area contributed by atoms with Gasteiger partial charge in [0.25, 0.3) is 0 Å². The molecule has 2 rings (SSSR count). The van der Waals surface area contributed by atoms with Crippen molar-refractivity contribution in [3.63, 3.8) is 0 Å². The molecular weight excluding hydrogens is 232 g/mol. The third-order valence-electron chi connectivity index (χ3n) is 5.37. The number of hydrogen-bond acceptors (Lipinski definition) is 2. The molecule has 2 heteroatoms. The molecule has 0 heterocycles. The lowest BCUT2D eigenvalue weighted by molar-refractivity contribution is 0.176. The standard InChI is InChI=1S/C17H34N2/c1-3-18-17(15-10-8-9-11-15)14-19(2)16-12-6-4-5-7-13-16/h15-18H,3-14H2,1-2H3. The van der Waals surface area contributed by atoms with E-state index in [4.69, 9.17) is 0 Å². The molecule has 2 saturated carbocycles. The molecule has 0 amide bonds. The minimum absolute atomic E-state index is 0.737. The van der Waals surface area contributed by atoms with Crippen LogP contribution in [0, 0.1) is 5.92 Å². The van der Waals surface area contributed by atoms with Gasteiger partial charge in [-0.3, -0.25) is 0 Å². The molecule has 2 aliphatic rings. The van der Waals surface area contributed by atoms with Crippen LogP contribution < -0.4 is 5.32 Å². The van der Waals surface area contributed by atoms with Gasteiger partial charge in [-0.25, -0.2) is 0 Å². The topological polar surface area (TPSA) is 15.3 Å². The van der Waals surface area contributed by atoms with Crippen LogP contribution in [0.1, 0.15) is 71.1 Å². The molecule has 0 radical (unpaired) electrons. The fourth-order valence-corrected chi connectivity index (χ4v) is 4.16. The highest BCUT2D eigenvalue weighted by Gasteiger charge is 2.27. The summed E-state index contributed by atoms with van der Waals surface area (Å²) in [7, 11) is 2.37. The molecule has 0 saturated heterocycles. The van der Waals surface area contributed by atoms with E-state index < -0.39 is 0 Å². The van der Waals surface area contributed by atoms with Gasteiger partial charge in [-0.15, -0.1) is 0 Å². The summed E-state index contributed by atoms with van der Waals surface area (Å²) in [4.78, 5) is 2.68. The minimum Gasteiger partial charge on any atom is -0.313 e. The number of likely N-dealkylation sites (N-methyl/N-ethyl adjacent to an activating group) is 2. The third kappa shape index (κ3) is 4.75. The van der Waals surface area contributed by atoms with E-state index in [2.05, 4.69) is 24.2 Å². The van der Waals surface area contributed by atoms with Crippen molar-refractivity contribution < 1.29 is 0 Å². The first-order valence-electron chi connectivity index (χ1n) is 8.75. The van der Waals surface area contributed by atoms with Gasteiger partial charge in [-0.1, -0.05) is 45.4 Å². The van der Waals surface area contributed by atoms with Crippen LogP contribution in [0.5, 0.6) is 0 Å². The van der Waals surface area contributed by atoms with Crippen LogP contribution in [-0.2, 0) is 0 Å². The quantitative estimate of drug-likeness (QED) is 0.736. The van der Waals surface area contributed by atoms with Crippen molar-refractivity contribution in [1.29, 1.82) is 0 Å². The third-order valence-corrected chi connectivity index (χ3v) is 5.37. The van der Waals surface area contributed by atoms with Gasteiger partial charge >= 0.3 is 0 Å². The summed E-state index contributed by atoms with van der Waals surface area (Å²) in [6, 6.07) is 1.59. The Balaban J connectivity index is 1.83. The molecule has 0 aromatic carbocycles. The van der Waals surface area contributed by atoms with Crippen LogP contribution in [0.3, 0.4) is 0 Å². The fraction of sp³-hybridized carbons (Fsp3) is 1.00. The molecule has 0 spiro atoms. The molecule has 0 aliphatic heterocycles. The van der Waals surface area contributed by atoms with Crippen LogP contribution in [-0.4, -0.2) is 37.1 Å². The van der Waals surface area contributed by atoms with E-state index in [0.29, 0.717) is 0 Å². The molecule has 2 nitrogen and oxygen atoms in total. The smallest absolute Gasteiger partial charge is 0.0223 e. The molecule has 1 atom stereocenters. The molecule has 0 aromatic rings. The zero-order valence-electron chi connectivity index (χ0n) is 13.2. The van der Waals surface area contributed by atoms with E-state index in [1.807, 2.05) is 0 Å². The van der Waals surface area contributed by atoms with Crippen LogP contribution in [0.2, 0.25) is 0 Å². The molecule has 0 bridgehead atoms. The normalized spacial score (nSPS) is 24.8. The molecule has 1 N–H and O–H groups in total. The van der Waals surface area contributed by atoms with E-state index in [1.165, 1.54) is 70.8 Å². The molecule has 19 heavy (non-hydrogen) atoms. The minimum atomic E-state index is 0.737. The summed E-state index contributed by atoms with van der Waals surface area (Å²) < 4.78 is 0. The summed E-state index contributed by atoms with van der Waals surface area (Å²) in [5.74, 6) is 0.938. The average molecular weight is 266 g/mol. The summed E-state index contributed by atoms with van der Waals surface area (Å²) in [6.45, 7) is 4.65. The van der Waals surface area contributed by atoms with Crippen LogP contribution in [0.25, 0.3) is 0 Å². The van der Waals surface area contributed by atoms with Crippen LogP contribution in [0.15, 0.2) is 0 Å². The van der Waals surface area contributed by atoms with Crippen molar-refractivity contribution in [3.8, 4) is 0 Å². The first-order chi connectivity index (χ1) is 9.31. The van der Waals surface area contributed by atoms with Gasteiger partial charge in [0.1, 0.15) is 0 Å². The monoisotopic (exact) mass is 266 g/mol. The zero-order chi connectivity index (χ0) is 13.5. The maximum atomic E-state index is 3.77. The van der Waals surface area contributed by atoms with Crippen molar-refractivity contribution in [1.82, 2.24) is 10.2 Å². The Hall–Kier alpha value is -0.0800. The van der Waals surface area contributed by atoms with Crippen molar-refractivity contribution in [2.45, 2.75) is 83.2 Å². The predicted molar refractivity (Wildman–Crippen MR) is 83.5 cm³/mol. The molecule has 112 valence electrons. The Bertz CT molecular complexity index is 227. The molecule has 2 fully saturated rings. The zero-order valence-corrected chi connectivity index (χ0v) is 13.2. The predicted octanol–water partition coefficient (Wildman–Crippen LogP) is 3.81. The van der Waals surface area contributed by atoms with Gasteiger partial charge in [0, 0.05) is 18.6 Å². The molecule has 1 unspecified atom stereocenters. The highest BCUT2D eigenvalue weighted by Crippen LogP contribution is 2.29. The SMILES string of the molecule is CCNC(CN(C)C1CCCCCC1)C1CCCC1. The van der Waals surface area contributed by atoms with Gasteiger partial charge < -0.3 is 10.2 Å². The maximum Gasteiger partial charge on any atom is 0.0223 e. The lowest BCUT2D eigenvalue weighted by atomic mass is 9.96. The van der Waals surface area contributed by atoms with Gasteiger partial charge in [-0.05, 0) is 45.2 Å². The van der Waals surface area contributed by atoms with Gasteiger partial charge in [0.15, 0.2) is 0 Å². The number of hydrogen-bond donors (Lipinski definition) is 1. The van der Waals surface area contributed by atoms with Crippen molar-refractivity contribution in [3.05, 3.63) is 0 Å². The molecule has 0 aromatic heterocycles. The first-order valence-corrected chi connectivity index (χ1v) is 8.75. The maximum absolute atomic E-state index is 3.77. The van der Waals surface area contributed by atoms with Crippen molar-refractivity contribution in [2.24, 2.45) is 5.92 Å². The lowest BCUT2D eigenvalue weighted by Gasteiger charge is -2.33. The van der Waals surface area contributed by atoms with E-state index >= 15 is 0 Å². The Morgan fingerprint density at radius 3 is 2.11 bits per heavy atom.